The maximum absolute atomic E-state index is 12.8. The second-order valence-corrected chi connectivity index (χ2v) is 6.39. The molecule has 1 saturated heterocycles. The van der Waals surface area contributed by atoms with Crippen LogP contribution in [-0.2, 0) is 9.59 Å². The second-order valence-electron chi connectivity index (χ2n) is 6.39. The van der Waals surface area contributed by atoms with Crippen LogP contribution in [-0.4, -0.2) is 61.1 Å². The second kappa shape index (κ2) is 9.80. The lowest BCUT2D eigenvalue weighted by atomic mass is 9.93. The Balaban J connectivity index is 2.02. The van der Waals surface area contributed by atoms with Gasteiger partial charge in [0.1, 0.15) is 0 Å². The van der Waals surface area contributed by atoms with Gasteiger partial charge in [-0.05, 0) is 43.9 Å². The molecule has 8 nitrogen and oxygen atoms in total. The molecule has 0 aliphatic carbocycles. The number of carboxylic acid groups (broad SMARTS) is 1. The van der Waals surface area contributed by atoms with Crippen LogP contribution in [0.2, 0.25) is 0 Å². The molecule has 0 radical (unpaired) electrons. The summed E-state index contributed by atoms with van der Waals surface area (Å²) in [6.07, 6.45) is 2.07. The van der Waals surface area contributed by atoms with Crippen LogP contribution >= 0.6 is 0 Å². The zero-order valence-electron chi connectivity index (χ0n) is 15.7. The van der Waals surface area contributed by atoms with Crippen LogP contribution in [0.5, 0.6) is 11.5 Å². The molecule has 0 saturated carbocycles. The van der Waals surface area contributed by atoms with Crippen molar-refractivity contribution in [2.75, 3.05) is 33.4 Å². The van der Waals surface area contributed by atoms with Crippen molar-refractivity contribution in [2.45, 2.75) is 26.2 Å². The first-order valence-electron chi connectivity index (χ1n) is 9.05. The number of likely N-dealkylation sites (tertiary alicyclic amines) is 1. The van der Waals surface area contributed by atoms with Crippen LogP contribution in [0.15, 0.2) is 18.2 Å². The molecule has 0 aromatic heterocycles. The van der Waals surface area contributed by atoms with Gasteiger partial charge in [0, 0.05) is 32.1 Å². The number of carbonyl (C=O) groups excluding carboxylic acids is 2. The highest BCUT2D eigenvalue weighted by Gasteiger charge is 2.25. The van der Waals surface area contributed by atoms with Gasteiger partial charge in [-0.3, -0.25) is 9.59 Å². The highest BCUT2D eigenvalue weighted by atomic mass is 16.5. The molecule has 1 heterocycles. The average Bonchev–Trinajstić information content (AvgIpc) is 2.67. The molecule has 27 heavy (non-hydrogen) atoms. The zero-order chi connectivity index (χ0) is 19.8. The van der Waals surface area contributed by atoms with Crippen molar-refractivity contribution in [3.63, 3.8) is 0 Å². The Labute approximate surface area is 158 Å². The SMILES string of the molecule is CCOc1cc(C(=O)N2CCC(CC(=O)NC)CC2)ccc1OCC(=O)O. The lowest BCUT2D eigenvalue weighted by Crippen LogP contribution is -2.39. The Morgan fingerprint density at radius 1 is 1.19 bits per heavy atom. The van der Waals surface area contributed by atoms with E-state index in [1.54, 1.807) is 37.1 Å². The van der Waals surface area contributed by atoms with Crippen molar-refractivity contribution in [2.24, 2.45) is 5.92 Å². The predicted molar refractivity (Wildman–Crippen MR) is 98.1 cm³/mol. The fourth-order valence-corrected chi connectivity index (χ4v) is 3.06. The van der Waals surface area contributed by atoms with E-state index in [1.165, 1.54) is 0 Å². The van der Waals surface area contributed by atoms with E-state index in [9.17, 15) is 14.4 Å². The van der Waals surface area contributed by atoms with E-state index in [-0.39, 0.29) is 11.8 Å². The number of benzene rings is 1. The number of piperidine rings is 1. The topological polar surface area (TPSA) is 105 Å². The molecule has 1 aliphatic heterocycles. The van der Waals surface area contributed by atoms with Crippen molar-refractivity contribution in [3.8, 4) is 11.5 Å². The minimum Gasteiger partial charge on any atom is -0.490 e. The molecule has 148 valence electrons. The van der Waals surface area contributed by atoms with Gasteiger partial charge in [0.2, 0.25) is 5.91 Å². The van der Waals surface area contributed by atoms with Gasteiger partial charge in [-0.2, -0.15) is 0 Å². The molecule has 1 aliphatic rings. The Morgan fingerprint density at radius 2 is 1.89 bits per heavy atom. The molecule has 0 bridgehead atoms. The number of nitrogens with zero attached hydrogens (tertiary/aromatic N) is 1. The van der Waals surface area contributed by atoms with Crippen LogP contribution in [0.1, 0.15) is 36.5 Å². The minimum absolute atomic E-state index is 0.0260. The van der Waals surface area contributed by atoms with Crippen molar-refractivity contribution in [1.82, 2.24) is 10.2 Å². The van der Waals surface area contributed by atoms with Crippen molar-refractivity contribution in [1.29, 1.82) is 0 Å². The Bertz CT molecular complexity index is 683. The third-order valence-corrected chi connectivity index (χ3v) is 4.50. The average molecular weight is 378 g/mol. The van der Waals surface area contributed by atoms with Gasteiger partial charge in [0.25, 0.3) is 5.91 Å². The van der Waals surface area contributed by atoms with E-state index in [1.807, 2.05) is 0 Å². The van der Waals surface area contributed by atoms with E-state index in [0.717, 1.165) is 12.8 Å². The summed E-state index contributed by atoms with van der Waals surface area (Å²) < 4.78 is 10.7. The zero-order valence-corrected chi connectivity index (χ0v) is 15.7. The maximum atomic E-state index is 12.8. The Morgan fingerprint density at radius 3 is 2.48 bits per heavy atom. The van der Waals surface area contributed by atoms with Gasteiger partial charge in [-0.1, -0.05) is 0 Å². The number of carbonyl (C=O) groups is 3. The third kappa shape index (κ3) is 5.87. The van der Waals surface area contributed by atoms with Crippen LogP contribution in [0.3, 0.4) is 0 Å². The van der Waals surface area contributed by atoms with Gasteiger partial charge >= 0.3 is 5.97 Å². The smallest absolute Gasteiger partial charge is 0.341 e. The number of amides is 2. The lowest BCUT2D eigenvalue weighted by molar-refractivity contribution is -0.139. The molecule has 2 N–H and O–H groups in total. The van der Waals surface area contributed by atoms with Crippen molar-refractivity contribution >= 4 is 17.8 Å². The summed E-state index contributed by atoms with van der Waals surface area (Å²) in [5.74, 6) is -0.242. The number of nitrogens with one attached hydrogen (secondary N) is 1. The van der Waals surface area contributed by atoms with E-state index >= 15 is 0 Å². The summed E-state index contributed by atoms with van der Waals surface area (Å²) >= 11 is 0. The standard InChI is InChI=1S/C19H26N2O6/c1-3-26-16-11-14(4-5-15(16)27-12-18(23)24)19(25)21-8-6-13(7-9-21)10-17(22)20-2/h4-5,11,13H,3,6-10,12H2,1-2H3,(H,20,22)(H,23,24). The predicted octanol–water partition coefficient (Wildman–Crippen LogP) is 1.54. The number of hydrogen-bond donors (Lipinski definition) is 2. The first kappa shape index (κ1) is 20.5. The van der Waals surface area contributed by atoms with Gasteiger partial charge in [0.15, 0.2) is 18.1 Å². The van der Waals surface area contributed by atoms with Gasteiger partial charge in [-0.25, -0.2) is 4.79 Å². The molecule has 2 rings (SSSR count). The molecule has 0 unspecified atom stereocenters. The van der Waals surface area contributed by atoms with Crippen LogP contribution < -0.4 is 14.8 Å². The maximum Gasteiger partial charge on any atom is 0.341 e. The summed E-state index contributed by atoms with van der Waals surface area (Å²) in [4.78, 5) is 36.7. The first-order chi connectivity index (χ1) is 12.9. The number of rotatable bonds is 8. The fourth-order valence-electron chi connectivity index (χ4n) is 3.06. The van der Waals surface area contributed by atoms with Gasteiger partial charge in [-0.15, -0.1) is 0 Å². The summed E-state index contributed by atoms with van der Waals surface area (Å²) in [5, 5.41) is 11.4. The molecular weight excluding hydrogens is 352 g/mol. The van der Waals surface area contributed by atoms with Crippen LogP contribution in [0, 0.1) is 5.92 Å². The van der Waals surface area contributed by atoms with E-state index in [2.05, 4.69) is 5.32 Å². The Hall–Kier alpha value is -2.77. The normalized spacial score (nSPS) is 14.5. The van der Waals surface area contributed by atoms with E-state index < -0.39 is 12.6 Å². The summed E-state index contributed by atoms with van der Waals surface area (Å²) in [7, 11) is 1.63. The Kier molecular flexibility index (Phi) is 7.45. The molecule has 1 aromatic rings. The lowest BCUT2D eigenvalue weighted by Gasteiger charge is -2.32. The van der Waals surface area contributed by atoms with Crippen molar-refractivity contribution < 1.29 is 29.0 Å². The third-order valence-electron chi connectivity index (χ3n) is 4.50. The fraction of sp³-hybridized carbons (Fsp3) is 0.526. The quantitative estimate of drug-likeness (QED) is 0.711. The van der Waals surface area contributed by atoms with Gasteiger partial charge in [0.05, 0.1) is 6.61 Å². The van der Waals surface area contributed by atoms with Crippen LogP contribution in [0.4, 0.5) is 0 Å². The number of hydrogen-bond acceptors (Lipinski definition) is 5. The number of carboxylic acids is 1. The molecule has 2 amide bonds. The molecule has 0 atom stereocenters. The molecule has 1 fully saturated rings. The summed E-state index contributed by atoms with van der Waals surface area (Å²) in [5.41, 5.74) is 0.464. The van der Waals surface area contributed by atoms with E-state index in [0.29, 0.717) is 49.1 Å². The van der Waals surface area contributed by atoms with Crippen LogP contribution in [0.25, 0.3) is 0 Å². The first-order valence-corrected chi connectivity index (χ1v) is 9.05. The molecule has 8 heteroatoms. The van der Waals surface area contributed by atoms with E-state index in [4.69, 9.17) is 14.6 Å². The minimum atomic E-state index is -1.09. The number of ether oxygens (including phenoxy) is 2. The monoisotopic (exact) mass is 378 g/mol. The molecular formula is C19H26N2O6. The summed E-state index contributed by atoms with van der Waals surface area (Å²) in [6.45, 7) is 2.88. The van der Waals surface area contributed by atoms with Gasteiger partial charge < -0.3 is 24.8 Å². The molecule has 1 aromatic carbocycles. The highest BCUT2D eigenvalue weighted by Crippen LogP contribution is 2.30. The highest BCUT2D eigenvalue weighted by molar-refractivity contribution is 5.95. The van der Waals surface area contributed by atoms with Crippen molar-refractivity contribution in [3.05, 3.63) is 23.8 Å². The molecule has 0 spiro atoms. The summed E-state index contributed by atoms with van der Waals surface area (Å²) in [6, 6.07) is 4.75. The largest absolute Gasteiger partial charge is 0.490 e. The number of aliphatic carboxylic acids is 1.